The Kier molecular flexibility index (Phi) is 4.03. The van der Waals surface area contributed by atoms with E-state index in [0.29, 0.717) is 10.3 Å². The SMILES string of the molecule is O=S(=O)(Nc1c(Cl)cc(Br)cc1Cl)N1C=C2N=CN=CN2N1. The Balaban J connectivity index is 1.88. The molecule has 0 atom stereocenters. The van der Waals surface area contributed by atoms with Crippen molar-refractivity contribution in [2.75, 3.05) is 4.72 Å². The van der Waals surface area contributed by atoms with Crippen LogP contribution in [-0.2, 0) is 10.2 Å². The summed E-state index contributed by atoms with van der Waals surface area (Å²) in [6.07, 6.45) is 3.97. The van der Waals surface area contributed by atoms with E-state index in [4.69, 9.17) is 23.2 Å². The van der Waals surface area contributed by atoms with Gasteiger partial charge in [0.2, 0.25) is 0 Å². The monoisotopic (exact) mass is 424 g/mol. The maximum absolute atomic E-state index is 12.4. The van der Waals surface area contributed by atoms with E-state index >= 15 is 0 Å². The Labute approximate surface area is 144 Å². The predicted molar refractivity (Wildman–Crippen MR) is 88.6 cm³/mol. The molecule has 2 heterocycles. The topological polar surface area (TPSA) is 89.4 Å². The van der Waals surface area contributed by atoms with Crippen LogP contribution in [0.3, 0.4) is 0 Å². The third kappa shape index (κ3) is 2.92. The lowest BCUT2D eigenvalue weighted by Crippen LogP contribution is -2.45. The van der Waals surface area contributed by atoms with Crippen molar-refractivity contribution < 1.29 is 8.42 Å². The summed E-state index contributed by atoms with van der Waals surface area (Å²) >= 11 is 15.3. The van der Waals surface area contributed by atoms with Crippen LogP contribution in [0.5, 0.6) is 0 Å². The fourth-order valence-electron chi connectivity index (χ4n) is 1.66. The summed E-state index contributed by atoms with van der Waals surface area (Å²) in [5.74, 6) is 0.369. The first-order valence-corrected chi connectivity index (χ1v) is 8.65. The van der Waals surface area contributed by atoms with Gasteiger partial charge in [-0.1, -0.05) is 39.1 Å². The van der Waals surface area contributed by atoms with E-state index in [9.17, 15) is 8.42 Å². The van der Waals surface area contributed by atoms with Crippen molar-refractivity contribution in [2.24, 2.45) is 9.98 Å². The minimum Gasteiger partial charge on any atom is -0.262 e. The van der Waals surface area contributed by atoms with Gasteiger partial charge in [0.05, 0.1) is 21.9 Å². The summed E-state index contributed by atoms with van der Waals surface area (Å²) in [5, 5.41) is 1.66. The van der Waals surface area contributed by atoms with Gasteiger partial charge in [-0.2, -0.15) is 12.8 Å². The van der Waals surface area contributed by atoms with Crippen LogP contribution in [0.4, 0.5) is 5.69 Å². The summed E-state index contributed by atoms with van der Waals surface area (Å²) < 4.78 is 28.6. The molecular formula is C10H7BrCl2N6O2S. The minimum absolute atomic E-state index is 0.0776. The van der Waals surface area contributed by atoms with Crippen LogP contribution in [0.2, 0.25) is 10.0 Å². The molecule has 1 aromatic carbocycles. The Bertz CT molecular complexity index is 802. The molecule has 0 aromatic heterocycles. The standard InChI is InChI=1S/C10H7BrCl2N6O2S/c11-6-1-7(12)10(8(13)2-6)16-22(20,21)19-3-9-15-4-14-5-18(9)17-19/h1-5,16-17H. The molecule has 0 amide bonds. The highest BCUT2D eigenvalue weighted by Gasteiger charge is 2.30. The smallest absolute Gasteiger partial charge is 0.262 e. The first-order chi connectivity index (χ1) is 10.4. The van der Waals surface area contributed by atoms with Gasteiger partial charge in [-0.05, 0) is 12.1 Å². The van der Waals surface area contributed by atoms with E-state index < -0.39 is 10.2 Å². The fourth-order valence-corrected chi connectivity index (χ4v) is 4.08. The molecule has 2 aliphatic rings. The van der Waals surface area contributed by atoms with Crippen molar-refractivity contribution in [3.05, 3.63) is 38.7 Å². The Morgan fingerprint density at radius 3 is 2.59 bits per heavy atom. The number of benzene rings is 1. The van der Waals surface area contributed by atoms with Gasteiger partial charge in [-0.25, -0.2) is 15.0 Å². The lowest BCUT2D eigenvalue weighted by molar-refractivity contribution is 0.285. The number of aliphatic imine (C=N–C) groups is 2. The number of fused-ring (bicyclic) bond motifs is 1. The summed E-state index contributed by atoms with van der Waals surface area (Å²) in [7, 11) is -3.99. The molecule has 0 fully saturated rings. The van der Waals surface area contributed by atoms with Crippen LogP contribution in [0.25, 0.3) is 0 Å². The second-order valence-electron chi connectivity index (χ2n) is 4.11. The maximum atomic E-state index is 12.4. The number of rotatable bonds is 3. The Morgan fingerprint density at radius 1 is 1.27 bits per heavy atom. The molecule has 0 saturated carbocycles. The first kappa shape index (κ1) is 15.6. The molecule has 3 rings (SSSR count). The zero-order valence-corrected chi connectivity index (χ0v) is 14.4. The highest BCUT2D eigenvalue weighted by atomic mass is 79.9. The molecule has 0 unspecified atom stereocenters. The van der Waals surface area contributed by atoms with E-state index in [0.717, 1.165) is 4.41 Å². The number of hydrogen-bond acceptors (Lipinski definition) is 6. The molecule has 116 valence electrons. The van der Waals surface area contributed by atoms with Crippen LogP contribution in [0.15, 0.2) is 38.6 Å². The van der Waals surface area contributed by atoms with Crippen LogP contribution in [-0.4, -0.2) is 30.5 Å². The van der Waals surface area contributed by atoms with Crippen molar-refractivity contribution >= 4 is 67.7 Å². The lowest BCUT2D eigenvalue weighted by atomic mass is 10.3. The molecule has 0 saturated heterocycles. The molecule has 22 heavy (non-hydrogen) atoms. The zero-order valence-electron chi connectivity index (χ0n) is 10.5. The van der Waals surface area contributed by atoms with Crippen molar-refractivity contribution in [3.8, 4) is 0 Å². The van der Waals surface area contributed by atoms with Crippen molar-refractivity contribution in [3.63, 3.8) is 0 Å². The highest BCUT2D eigenvalue weighted by molar-refractivity contribution is 9.10. The molecule has 1 aromatic rings. The normalized spacial score (nSPS) is 16.8. The van der Waals surface area contributed by atoms with Gasteiger partial charge >= 0.3 is 10.2 Å². The van der Waals surface area contributed by atoms with Crippen molar-refractivity contribution in [2.45, 2.75) is 0 Å². The first-order valence-electron chi connectivity index (χ1n) is 5.67. The maximum Gasteiger partial charge on any atom is 0.338 e. The fraction of sp³-hybridized carbons (Fsp3) is 0. The van der Waals surface area contributed by atoms with Crippen LogP contribution in [0.1, 0.15) is 0 Å². The third-order valence-corrected chi connectivity index (χ3v) is 4.84. The van der Waals surface area contributed by atoms with Gasteiger partial charge in [0.1, 0.15) is 12.7 Å². The number of nitrogens with zero attached hydrogens (tertiary/aromatic N) is 4. The number of hydrazine groups is 2. The van der Waals surface area contributed by atoms with E-state index in [-0.39, 0.29) is 15.7 Å². The van der Waals surface area contributed by atoms with Gasteiger partial charge in [-0.3, -0.25) is 4.72 Å². The zero-order chi connectivity index (χ0) is 15.9. The predicted octanol–water partition coefficient (Wildman–Crippen LogP) is 2.32. The Hall–Kier alpha value is -1.33. The van der Waals surface area contributed by atoms with E-state index in [2.05, 4.69) is 36.2 Å². The van der Waals surface area contributed by atoms with Crippen molar-refractivity contribution in [1.82, 2.24) is 15.0 Å². The molecule has 0 aliphatic carbocycles. The summed E-state index contributed by atoms with van der Waals surface area (Å²) in [4.78, 5) is 7.69. The Morgan fingerprint density at radius 2 is 1.95 bits per heavy atom. The molecule has 0 bridgehead atoms. The number of hydrogen-bond donors (Lipinski definition) is 2. The second-order valence-corrected chi connectivity index (χ2v) is 7.39. The van der Waals surface area contributed by atoms with Crippen LogP contribution in [0, 0.1) is 0 Å². The highest BCUT2D eigenvalue weighted by Crippen LogP contribution is 2.35. The number of halogens is 3. The molecule has 8 nitrogen and oxygen atoms in total. The molecule has 12 heteroatoms. The molecule has 0 spiro atoms. The van der Waals surface area contributed by atoms with E-state index in [1.807, 2.05) is 0 Å². The summed E-state index contributed by atoms with van der Waals surface area (Å²) in [6.45, 7) is 0. The lowest BCUT2D eigenvalue weighted by Gasteiger charge is -2.21. The molecule has 0 radical (unpaired) electrons. The van der Waals surface area contributed by atoms with Gasteiger partial charge in [0, 0.05) is 4.47 Å². The number of nitrogens with one attached hydrogen (secondary N) is 2. The summed E-state index contributed by atoms with van der Waals surface area (Å²) in [5.41, 5.74) is 2.65. The average molecular weight is 426 g/mol. The largest absolute Gasteiger partial charge is 0.338 e. The summed E-state index contributed by atoms with van der Waals surface area (Å²) in [6, 6.07) is 3.06. The second kappa shape index (κ2) is 5.70. The average Bonchev–Trinajstić information content (AvgIpc) is 2.87. The van der Waals surface area contributed by atoms with Crippen LogP contribution < -0.4 is 10.3 Å². The quantitative estimate of drug-likeness (QED) is 0.777. The van der Waals surface area contributed by atoms with Gasteiger partial charge < -0.3 is 0 Å². The molecule has 2 N–H and O–H groups in total. The minimum atomic E-state index is -3.99. The molecule has 2 aliphatic heterocycles. The third-order valence-electron chi connectivity index (χ3n) is 2.62. The van der Waals surface area contributed by atoms with Crippen molar-refractivity contribution in [1.29, 1.82) is 0 Å². The van der Waals surface area contributed by atoms with Gasteiger partial charge in [0.15, 0.2) is 5.82 Å². The van der Waals surface area contributed by atoms with E-state index in [1.54, 1.807) is 0 Å². The van der Waals surface area contributed by atoms with Gasteiger partial charge in [0.25, 0.3) is 0 Å². The molecular weight excluding hydrogens is 419 g/mol. The number of anilines is 1. The van der Waals surface area contributed by atoms with Gasteiger partial charge in [-0.15, -0.1) is 5.53 Å². The van der Waals surface area contributed by atoms with Crippen LogP contribution >= 0.6 is 39.1 Å². The van der Waals surface area contributed by atoms with E-state index in [1.165, 1.54) is 36.0 Å².